The molecule has 2 amide bonds. The van der Waals surface area contributed by atoms with Crippen LogP contribution in [0.5, 0.6) is 0 Å². The standard InChI is InChI=1S/C20H19N3O3/c1-2-13-6-5-7-14(10-13)23-18(24)12-22-20(26)16-11-21-17-9-4-3-8-15(17)19(16)25/h3-11H,2,12H2,1H3,(H,21,25)(H,22,26)(H,23,24). The number of hydrogen-bond donors (Lipinski definition) is 3. The molecular weight excluding hydrogens is 330 g/mol. The maximum Gasteiger partial charge on any atom is 0.257 e. The molecule has 0 atom stereocenters. The van der Waals surface area contributed by atoms with E-state index in [2.05, 4.69) is 15.6 Å². The Bertz CT molecular complexity index is 1020. The minimum absolute atomic E-state index is 0.0236. The number of benzene rings is 2. The zero-order valence-electron chi connectivity index (χ0n) is 14.3. The summed E-state index contributed by atoms with van der Waals surface area (Å²) in [5.41, 5.74) is 2.04. The Labute approximate surface area is 150 Å². The van der Waals surface area contributed by atoms with E-state index in [-0.39, 0.29) is 23.4 Å². The quantitative estimate of drug-likeness (QED) is 0.661. The van der Waals surface area contributed by atoms with Gasteiger partial charge in [-0.3, -0.25) is 14.4 Å². The van der Waals surface area contributed by atoms with E-state index in [1.54, 1.807) is 30.3 Å². The number of nitrogens with one attached hydrogen (secondary N) is 3. The van der Waals surface area contributed by atoms with Crippen molar-refractivity contribution in [2.24, 2.45) is 0 Å². The van der Waals surface area contributed by atoms with Crippen molar-refractivity contribution >= 4 is 28.4 Å². The summed E-state index contributed by atoms with van der Waals surface area (Å²) in [4.78, 5) is 39.6. The number of rotatable bonds is 5. The van der Waals surface area contributed by atoms with Crippen LogP contribution >= 0.6 is 0 Å². The maximum absolute atomic E-state index is 12.4. The molecular formula is C20H19N3O3. The lowest BCUT2D eigenvalue weighted by atomic mass is 10.1. The normalized spacial score (nSPS) is 10.5. The van der Waals surface area contributed by atoms with Crippen molar-refractivity contribution in [3.05, 3.63) is 76.1 Å². The first-order valence-electron chi connectivity index (χ1n) is 8.36. The van der Waals surface area contributed by atoms with Crippen LogP contribution in [-0.2, 0) is 11.2 Å². The van der Waals surface area contributed by atoms with Gasteiger partial charge < -0.3 is 15.6 Å². The van der Waals surface area contributed by atoms with Crippen molar-refractivity contribution in [1.82, 2.24) is 10.3 Å². The van der Waals surface area contributed by atoms with Gasteiger partial charge in [0.2, 0.25) is 11.3 Å². The monoisotopic (exact) mass is 349 g/mol. The van der Waals surface area contributed by atoms with E-state index in [0.717, 1.165) is 12.0 Å². The summed E-state index contributed by atoms with van der Waals surface area (Å²) in [7, 11) is 0. The highest BCUT2D eigenvalue weighted by molar-refractivity contribution is 6.00. The summed E-state index contributed by atoms with van der Waals surface area (Å²) in [5.74, 6) is -0.946. The second-order valence-electron chi connectivity index (χ2n) is 5.86. The van der Waals surface area contributed by atoms with Crippen molar-refractivity contribution < 1.29 is 9.59 Å². The van der Waals surface area contributed by atoms with Gasteiger partial charge in [0.1, 0.15) is 5.56 Å². The minimum atomic E-state index is -0.588. The Morgan fingerprint density at radius 3 is 2.69 bits per heavy atom. The van der Waals surface area contributed by atoms with Gasteiger partial charge in [-0.25, -0.2) is 0 Å². The third-order valence-electron chi connectivity index (χ3n) is 4.06. The Balaban J connectivity index is 1.66. The number of fused-ring (bicyclic) bond motifs is 1. The molecule has 1 aromatic heterocycles. The number of carbonyl (C=O) groups is 2. The first-order chi connectivity index (χ1) is 12.6. The van der Waals surface area contributed by atoms with Crippen molar-refractivity contribution in [2.75, 3.05) is 11.9 Å². The molecule has 0 fully saturated rings. The maximum atomic E-state index is 12.4. The number of pyridine rings is 1. The average molecular weight is 349 g/mol. The summed E-state index contributed by atoms with van der Waals surface area (Å²) in [5, 5.41) is 5.64. The fraction of sp³-hybridized carbons (Fsp3) is 0.150. The van der Waals surface area contributed by atoms with Gasteiger partial charge in [0.25, 0.3) is 5.91 Å². The molecule has 132 valence electrons. The van der Waals surface area contributed by atoms with Crippen molar-refractivity contribution in [3.8, 4) is 0 Å². The number of anilines is 1. The van der Waals surface area contributed by atoms with Crippen LogP contribution in [0.15, 0.2) is 59.5 Å². The molecule has 2 aromatic carbocycles. The Morgan fingerprint density at radius 1 is 1.08 bits per heavy atom. The Kier molecular flexibility index (Phi) is 5.12. The number of para-hydroxylation sites is 1. The second kappa shape index (κ2) is 7.65. The van der Waals surface area contributed by atoms with Crippen LogP contribution in [0, 0.1) is 0 Å². The van der Waals surface area contributed by atoms with Gasteiger partial charge in [-0.2, -0.15) is 0 Å². The molecule has 3 aromatic rings. The van der Waals surface area contributed by atoms with Crippen LogP contribution < -0.4 is 16.1 Å². The van der Waals surface area contributed by atoms with Crippen LogP contribution in [0.2, 0.25) is 0 Å². The molecule has 3 N–H and O–H groups in total. The molecule has 0 aliphatic rings. The van der Waals surface area contributed by atoms with Gasteiger partial charge in [-0.1, -0.05) is 31.2 Å². The topological polar surface area (TPSA) is 91.1 Å². The highest BCUT2D eigenvalue weighted by Crippen LogP contribution is 2.11. The molecule has 1 heterocycles. The number of aromatic nitrogens is 1. The first kappa shape index (κ1) is 17.4. The summed E-state index contributed by atoms with van der Waals surface area (Å²) in [6, 6.07) is 14.5. The van der Waals surface area contributed by atoms with Gasteiger partial charge in [0.05, 0.1) is 6.54 Å². The molecule has 0 spiro atoms. The third kappa shape index (κ3) is 3.80. The van der Waals surface area contributed by atoms with E-state index in [1.165, 1.54) is 6.20 Å². The molecule has 0 radical (unpaired) electrons. The fourth-order valence-corrected chi connectivity index (χ4v) is 2.67. The second-order valence-corrected chi connectivity index (χ2v) is 5.86. The fourth-order valence-electron chi connectivity index (χ4n) is 2.67. The number of carbonyl (C=O) groups excluding carboxylic acids is 2. The van der Waals surface area contributed by atoms with Crippen LogP contribution in [0.3, 0.4) is 0 Å². The Morgan fingerprint density at radius 2 is 1.88 bits per heavy atom. The molecule has 0 saturated heterocycles. The molecule has 3 rings (SSSR count). The number of amides is 2. The molecule has 0 saturated carbocycles. The van der Waals surface area contributed by atoms with Gasteiger partial charge in [0, 0.05) is 22.8 Å². The lowest BCUT2D eigenvalue weighted by Gasteiger charge is -2.08. The minimum Gasteiger partial charge on any atom is -0.360 e. The van der Waals surface area contributed by atoms with E-state index in [1.807, 2.05) is 25.1 Å². The van der Waals surface area contributed by atoms with Gasteiger partial charge in [-0.05, 0) is 36.2 Å². The SMILES string of the molecule is CCc1cccc(NC(=O)CNC(=O)c2c[nH]c3ccccc3c2=O)c1. The first-order valence-corrected chi connectivity index (χ1v) is 8.36. The summed E-state index contributed by atoms with van der Waals surface area (Å²) >= 11 is 0. The molecule has 6 heteroatoms. The molecule has 0 aliphatic carbocycles. The largest absolute Gasteiger partial charge is 0.360 e. The van der Waals surface area contributed by atoms with Crippen molar-refractivity contribution in [2.45, 2.75) is 13.3 Å². The summed E-state index contributed by atoms with van der Waals surface area (Å²) in [6.07, 6.45) is 2.23. The number of hydrogen-bond acceptors (Lipinski definition) is 3. The summed E-state index contributed by atoms with van der Waals surface area (Å²) in [6.45, 7) is 1.81. The van der Waals surface area contributed by atoms with E-state index in [0.29, 0.717) is 16.6 Å². The molecule has 0 unspecified atom stereocenters. The zero-order valence-corrected chi connectivity index (χ0v) is 14.3. The predicted octanol–water partition coefficient (Wildman–Crippen LogP) is 2.46. The predicted molar refractivity (Wildman–Crippen MR) is 101 cm³/mol. The average Bonchev–Trinajstić information content (AvgIpc) is 2.67. The van der Waals surface area contributed by atoms with Gasteiger partial charge >= 0.3 is 0 Å². The van der Waals surface area contributed by atoms with Crippen LogP contribution in [0.1, 0.15) is 22.8 Å². The third-order valence-corrected chi connectivity index (χ3v) is 4.06. The smallest absolute Gasteiger partial charge is 0.257 e. The van der Waals surface area contributed by atoms with E-state index in [9.17, 15) is 14.4 Å². The van der Waals surface area contributed by atoms with E-state index in [4.69, 9.17) is 0 Å². The van der Waals surface area contributed by atoms with Crippen LogP contribution in [-0.4, -0.2) is 23.3 Å². The van der Waals surface area contributed by atoms with Crippen LogP contribution in [0.4, 0.5) is 5.69 Å². The van der Waals surface area contributed by atoms with Crippen molar-refractivity contribution in [3.63, 3.8) is 0 Å². The molecule has 0 aliphatic heterocycles. The molecule has 0 bridgehead atoms. The Hall–Kier alpha value is -3.41. The molecule has 6 nitrogen and oxygen atoms in total. The van der Waals surface area contributed by atoms with Gasteiger partial charge in [0.15, 0.2) is 0 Å². The number of H-pyrrole nitrogens is 1. The van der Waals surface area contributed by atoms with Gasteiger partial charge in [-0.15, -0.1) is 0 Å². The van der Waals surface area contributed by atoms with E-state index >= 15 is 0 Å². The number of aryl methyl sites for hydroxylation is 1. The highest BCUT2D eigenvalue weighted by atomic mass is 16.2. The zero-order chi connectivity index (χ0) is 18.5. The molecule has 26 heavy (non-hydrogen) atoms. The summed E-state index contributed by atoms with van der Waals surface area (Å²) < 4.78 is 0. The van der Waals surface area contributed by atoms with E-state index < -0.39 is 5.91 Å². The number of aromatic amines is 1. The lowest BCUT2D eigenvalue weighted by molar-refractivity contribution is -0.115. The highest BCUT2D eigenvalue weighted by Gasteiger charge is 2.14. The van der Waals surface area contributed by atoms with Crippen molar-refractivity contribution in [1.29, 1.82) is 0 Å². The van der Waals surface area contributed by atoms with Crippen LogP contribution in [0.25, 0.3) is 10.9 Å². The lowest BCUT2D eigenvalue weighted by Crippen LogP contribution is -2.35.